The van der Waals surface area contributed by atoms with E-state index in [2.05, 4.69) is 14.3 Å². The summed E-state index contributed by atoms with van der Waals surface area (Å²) in [4.78, 5) is 4.42. The van der Waals surface area contributed by atoms with Crippen molar-refractivity contribution in [3.8, 4) is 17.0 Å². The number of aryl methyl sites for hydroxylation is 2. The summed E-state index contributed by atoms with van der Waals surface area (Å²) in [5.41, 5.74) is 1.76. The van der Waals surface area contributed by atoms with Gasteiger partial charge in [-0.1, -0.05) is 18.2 Å². The molecule has 0 atom stereocenters. The number of nitrogens with one attached hydrogen (secondary N) is 1. The second-order valence-corrected chi connectivity index (χ2v) is 8.29. The minimum atomic E-state index is -4.06. The lowest BCUT2D eigenvalue weighted by atomic mass is 10.1. The number of para-hydroxylation sites is 1. The fraction of sp³-hybridized carbons (Fsp3) is 0.250. The Balaban J connectivity index is 1.73. The van der Waals surface area contributed by atoms with E-state index >= 15 is 0 Å². The Morgan fingerprint density at radius 3 is 2.79 bits per heavy atom. The molecular formula is C20H20FN3O3S. The van der Waals surface area contributed by atoms with Crippen LogP contribution < -0.4 is 9.46 Å². The minimum absolute atomic E-state index is 0.0730. The highest BCUT2D eigenvalue weighted by atomic mass is 32.2. The Morgan fingerprint density at radius 1 is 1.18 bits per heavy atom. The molecule has 6 nitrogen and oxygen atoms in total. The minimum Gasteiger partial charge on any atom is -0.495 e. The molecule has 0 bridgehead atoms. The Labute approximate surface area is 163 Å². The number of hydrogen-bond acceptors (Lipinski definition) is 4. The fourth-order valence-corrected chi connectivity index (χ4v) is 4.66. The van der Waals surface area contributed by atoms with Gasteiger partial charge in [-0.2, -0.15) is 0 Å². The van der Waals surface area contributed by atoms with Gasteiger partial charge in [0.2, 0.25) is 0 Å². The number of anilines is 1. The van der Waals surface area contributed by atoms with Crippen LogP contribution >= 0.6 is 0 Å². The van der Waals surface area contributed by atoms with Gasteiger partial charge in [-0.15, -0.1) is 0 Å². The predicted octanol–water partition coefficient (Wildman–Crippen LogP) is 3.83. The van der Waals surface area contributed by atoms with E-state index in [1.165, 1.54) is 13.2 Å². The molecule has 1 aromatic heterocycles. The number of nitrogens with zero attached hydrogens (tertiary/aromatic N) is 2. The molecule has 0 spiro atoms. The number of benzene rings is 2. The molecule has 1 N–H and O–H groups in total. The van der Waals surface area contributed by atoms with E-state index in [0.717, 1.165) is 43.8 Å². The maximum Gasteiger partial charge on any atom is 0.265 e. The normalized spacial score (nSPS) is 13.8. The van der Waals surface area contributed by atoms with Crippen LogP contribution in [0.15, 0.2) is 53.6 Å². The Bertz CT molecular complexity index is 1100. The second kappa shape index (κ2) is 7.27. The molecule has 0 saturated heterocycles. The average Bonchev–Trinajstić information content (AvgIpc) is 3.12. The highest BCUT2D eigenvalue weighted by molar-refractivity contribution is 7.92. The van der Waals surface area contributed by atoms with Gasteiger partial charge in [0.25, 0.3) is 10.0 Å². The quantitative estimate of drug-likeness (QED) is 0.705. The van der Waals surface area contributed by atoms with Crippen LogP contribution in [0, 0.1) is 5.82 Å². The van der Waals surface area contributed by atoms with Crippen molar-refractivity contribution < 1.29 is 17.5 Å². The smallest absolute Gasteiger partial charge is 0.265 e. The number of fused-ring (bicyclic) bond motifs is 1. The summed E-state index contributed by atoms with van der Waals surface area (Å²) in [6.45, 7) is 0.913. The summed E-state index contributed by atoms with van der Waals surface area (Å²) in [5, 5.41) is 0. The molecule has 8 heteroatoms. The Kier molecular flexibility index (Phi) is 4.80. The van der Waals surface area contributed by atoms with Gasteiger partial charge in [0.15, 0.2) is 0 Å². The van der Waals surface area contributed by atoms with Crippen molar-refractivity contribution in [1.29, 1.82) is 0 Å². The number of hydrogen-bond donors (Lipinski definition) is 1. The van der Waals surface area contributed by atoms with Crippen molar-refractivity contribution in [1.82, 2.24) is 9.55 Å². The molecular weight excluding hydrogens is 381 g/mol. The molecule has 146 valence electrons. The topological polar surface area (TPSA) is 73.2 Å². The van der Waals surface area contributed by atoms with Crippen LogP contribution in [0.1, 0.15) is 18.7 Å². The van der Waals surface area contributed by atoms with Crippen molar-refractivity contribution in [2.24, 2.45) is 0 Å². The molecule has 0 amide bonds. The predicted molar refractivity (Wildman–Crippen MR) is 104 cm³/mol. The monoisotopic (exact) mass is 401 g/mol. The lowest BCUT2D eigenvalue weighted by Gasteiger charge is -2.14. The number of imidazole rings is 1. The van der Waals surface area contributed by atoms with Crippen molar-refractivity contribution >= 4 is 15.7 Å². The number of methoxy groups -OCH3 is 1. The van der Waals surface area contributed by atoms with E-state index in [0.29, 0.717) is 16.9 Å². The van der Waals surface area contributed by atoms with Crippen LogP contribution in [0.3, 0.4) is 0 Å². The van der Waals surface area contributed by atoms with Gasteiger partial charge in [-0.3, -0.25) is 4.72 Å². The fourth-order valence-electron chi connectivity index (χ4n) is 3.40. The first-order chi connectivity index (χ1) is 13.5. The van der Waals surface area contributed by atoms with Crippen molar-refractivity contribution in [3.05, 3.63) is 60.3 Å². The third-order valence-corrected chi connectivity index (χ3v) is 6.16. The van der Waals surface area contributed by atoms with Gasteiger partial charge >= 0.3 is 0 Å². The molecule has 1 aliphatic heterocycles. The Hall–Kier alpha value is -2.87. The summed E-state index contributed by atoms with van der Waals surface area (Å²) in [7, 11) is -2.72. The zero-order valence-electron chi connectivity index (χ0n) is 15.4. The van der Waals surface area contributed by atoms with Crippen molar-refractivity contribution in [3.63, 3.8) is 0 Å². The molecule has 0 fully saturated rings. The summed E-state index contributed by atoms with van der Waals surface area (Å²) in [6, 6.07) is 10.4. The maximum atomic E-state index is 13.7. The van der Waals surface area contributed by atoms with E-state index in [-0.39, 0.29) is 10.6 Å². The SMILES string of the molecule is COc1ccc(F)cc1S(=O)(=O)Nc1ccccc1-c1cn2c(n1)CCCC2. The summed E-state index contributed by atoms with van der Waals surface area (Å²) >= 11 is 0. The summed E-state index contributed by atoms with van der Waals surface area (Å²) in [6.07, 6.45) is 5.07. The molecule has 28 heavy (non-hydrogen) atoms. The summed E-state index contributed by atoms with van der Waals surface area (Å²) < 4.78 is 49.3. The van der Waals surface area contributed by atoms with Gasteiger partial charge in [0.05, 0.1) is 18.5 Å². The zero-order valence-corrected chi connectivity index (χ0v) is 16.2. The van der Waals surface area contributed by atoms with Crippen LogP contribution in [0.5, 0.6) is 5.75 Å². The van der Waals surface area contributed by atoms with Crippen LogP contribution in [0.2, 0.25) is 0 Å². The Morgan fingerprint density at radius 2 is 2.00 bits per heavy atom. The number of sulfonamides is 1. The van der Waals surface area contributed by atoms with Gasteiger partial charge in [-0.05, 0) is 37.1 Å². The molecule has 0 unspecified atom stereocenters. The standard InChI is InChI=1S/C20H20FN3O3S/c1-27-18-10-9-14(21)12-19(18)28(25,26)23-16-7-3-2-6-15(16)17-13-24-11-5-4-8-20(24)22-17/h2-3,6-7,9-10,12-13,23H,4-5,8,11H2,1H3. The van der Waals surface area contributed by atoms with E-state index in [9.17, 15) is 12.8 Å². The van der Waals surface area contributed by atoms with E-state index in [1.807, 2.05) is 18.3 Å². The third-order valence-electron chi connectivity index (χ3n) is 4.77. The van der Waals surface area contributed by atoms with Crippen molar-refractivity contribution in [2.75, 3.05) is 11.8 Å². The molecule has 2 aromatic carbocycles. The lowest BCUT2D eigenvalue weighted by molar-refractivity contribution is 0.401. The first-order valence-corrected chi connectivity index (χ1v) is 10.5. The molecule has 0 radical (unpaired) electrons. The van der Waals surface area contributed by atoms with E-state index < -0.39 is 15.8 Å². The van der Waals surface area contributed by atoms with Crippen LogP contribution in [-0.2, 0) is 23.0 Å². The maximum absolute atomic E-state index is 13.7. The third kappa shape index (κ3) is 3.47. The number of rotatable bonds is 5. The average molecular weight is 401 g/mol. The summed E-state index contributed by atoms with van der Waals surface area (Å²) in [5.74, 6) is 0.422. The molecule has 1 aliphatic rings. The van der Waals surface area contributed by atoms with Gasteiger partial charge in [-0.25, -0.2) is 17.8 Å². The first-order valence-electron chi connectivity index (χ1n) is 9.00. The largest absolute Gasteiger partial charge is 0.495 e. The van der Waals surface area contributed by atoms with E-state index in [1.54, 1.807) is 12.1 Å². The highest BCUT2D eigenvalue weighted by Crippen LogP contribution is 2.32. The van der Waals surface area contributed by atoms with Gasteiger partial charge in [0, 0.05) is 24.7 Å². The first kappa shape index (κ1) is 18.5. The van der Waals surface area contributed by atoms with Crippen molar-refractivity contribution in [2.45, 2.75) is 30.7 Å². The molecule has 4 rings (SSSR count). The molecule has 0 aliphatic carbocycles. The molecule has 0 saturated carbocycles. The van der Waals surface area contributed by atoms with Gasteiger partial charge < -0.3 is 9.30 Å². The number of halogens is 1. The zero-order chi connectivity index (χ0) is 19.7. The molecule has 3 aromatic rings. The lowest BCUT2D eigenvalue weighted by Crippen LogP contribution is -2.15. The van der Waals surface area contributed by atoms with E-state index in [4.69, 9.17) is 4.74 Å². The van der Waals surface area contributed by atoms with Crippen LogP contribution in [0.25, 0.3) is 11.3 Å². The highest BCUT2D eigenvalue weighted by Gasteiger charge is 2.23. The number of aromatic nitrogens is 2. The molecule has 2 heterocycles. The van der Waals surface area contributed by atoms with Gasteiger partial charge in [0.1, 0.15) is 22.3 Å². The number of ether oxygens (including phenoxy) is 1. The van der Waals surface area contributed by atoms with Crippen LogP contribution in [-0.4, -0.2) is 25.1 Å². The second-order valence-electron chi connectivity index (χ2n) is 6.64. The van der Waals surface area contributed by atoms with Crippen LogP contribution in [0.4, 0.5) is 10.1 Å².